The minimum Gasteiger partial charge on any atom is -0.457 e. The van der Waals surface area contributed by atoms with E-state index in [4.69, 9.17) is 16.3 Å². The minimum absolute atomic E-state index is 0.238. The van der Waals surface area contributed by atoms with E-state index in [1.54, 1.807) is 73.9 Å². The Balaban J connectivity index is 1.58. The highest BCUT2D eigenvalue weighted by Crippen LogP contribution is 2.24. The molecular weight excluding hydrogens is 390 g/mol. The molecule has 0 atom stereocenters. The van der Waals surface area contributed by atoms with E-state index in [9.17, 15) is 9.59 Å². The molecule has 0 unspecified atom stereocenters. The number of halogens is 1. The lowest BCUT2D eigenvalue weighted by Crippen LogP contribution is -2.17. The molecule has 146 valence electrons. The Morgan fingerprint density at radius 1 is 1.00 bits per heavy atom. The molecule has 0 radical (unpaired) electrons. The maximum Gasteiger partial charge on any atom is 0.252 e. The largest absolute Gasteiger partial charge is 0.457 e. The first-order valence-electron chi connectivity index (χ1n) is 8.73. The van der Waals surface area contributed by atoms with Gasteiger partial charge in [0, 0.05) is 36.2 Å². The summed E-state index contributed by atoms with van der Waals surface area (Å²) in [7, 11) is 1.55. The smallest absolute Gasteiger partial charge is 0.252 e. The van der Waals surface area contributed by atoms with Gasteiger partial charge < -0.3 is 15.4 Å². The number of carbonyl (C=O) groups is 2. The van der Waals surface area contributed by atoms with E-state index >= 15 is 0 Å². The maximum absolute atomic E-state index is 12.1. The van der Waals surface area contributed by atoms with Gasteiger partial charge in [-0.2, -0.15) is 0 Å². The van der Waals surface area contributed by atoms with Gasteiger partial charge in [-0.15, -0.1) is 0 Å². The predicted molar refractivity (Wildman–Crippen MR) is 113 cm³/mol. The predicted octanol–water partition coefficient (Wildman–Crippen LogP) is 4.54. The van der Waals surface area contributed by atoms with E-state index in [0.29, 0.717) is 33.3 Å². The Hall–Kier alpha value is -3.64. The van der Waals surface area contributed by atoms with Crippen LogP contribution in [0.3, 0.4) is 0 Å². The quantitative estimate of drug-likeness (QED) is 0.588. The Kier molecular flexibility index (Phi) is 6.60. The Morgan fingerprint density at radius 3 is 2.31 bits per heavy atom. The topological polar surface area (TPSA) is 80.3 Å². The van der Waals surface area contributed by atoms with Gasteiger partial charge in [-0.05, 0) is 66.2 Å². The molecule has 1 heterocycles. The third kappa shape index (κ3) is 5.92. The summed E-state index contributed by atoms with van der Waals surface area (Å²) in [6.45, 7) is 0. The highest BCUT2D eigenvalue weighted by atomic mass is 35.5. The molecule has 0 saturated carbocycles. The molecule has 0 spiro atoms. The van der Waals surface area contributed by atoms with Crippen molar-refractivity contribution in [3.63, 3.8) is 0 Å². The zero-order chi connectivity index (χ0) is 20.6. The first-order chi connectivity index (χ1) is 14.0. The Labute approximate surface area is 173 Å². The van der Waals surface area contributed by atoms with Crippen molar-refractivity contribution in [3.05, 3.63) is 89.2 Å². The van der Waals surface area contributed by atoms with E-state index in [0.717, 1.165) is 0 Å². The molecule has 29 heavy (non-hydrogen) atoms. The van der Waals surface area contributed by atoms with Crippen LogP contribution < -0.4 is 15.4 Å². The minimum atomic E-state index is -0.304. The second-order valence-electron chi connectivity index (χ2n) is 5.99. The molecule has 0 fully saturated rings. The summed E-state index contributed by atoms with van der Waals surface area (Å²) in [5.74, 6) is 0.763. The lowest BCUT2D eigenvalue weighted by atomic mass is 10.2. The molecule has 3 rings (SSSR count). The Bertz CT molecular complexity index is 1030. The molecule has 3 aromatic rings. The second kappa shape index (κ2) is 9.52. The number of rotatable bonds is 6. The number of hydrogen-bond donors (Lipinski definition) is 2. The van der Waals surface area contributed by atoms with Gasteiger partial charge in [-0.25, -0.2) is 0 Å². The van der Waals surface area contributed by atoms with E-state index in [1.807, 2.05) is 0 Å². The van der Waals surface area contributed by atoms with Crippen molar-refractivity contribution in [2.75, 3.05) is 12.4 Å². The highest BCUT2D eigenvalue weighted by molar-refractivity contribution is 6.30. The number of aromatic nitrogens is 1. The number of pyridine rings is 1. The molecular formula is C22H18ClN3O3. The lowest BCUT2D eigenvalue weighted by molar-refractivity contribution is -0.111. The van der Waals surface area contributed by atoms with Gasteiger partial charge in [-0.3, -0.25) is 14.6 Å². The summed E-state index contributed by atoms with van der Waals surface area (Å²) >= 11 is 5.85. The summed E-state index contributed by atoms with van der Waals surface area (Å²) in [6, 6.07) is 15.7. The molecule has 0 saturated heterocycles. The number of amides is 2. The van der Waals surface area contributed by atoms with Gasteiger partial charge >= 0.3 is 0 Å². The maximum atomic E-state index is 12.1. The summed E-state index contributed by atoms with van der Waals surface area (Å²) in [4.78, 5) is 27.8. The van der Waals surface area contributed by atoms with Crippen LogP contribution in [0.15, 0.2) is 73.1 Å². The average Bonchev–Trinajstić information content (AvgIpc) is 2.75. The van der Waals surface area contributed by atoms with Crippen LogP contribution in [0, 0.1) is 0 Å². The molecule has 2 amide bonds. The SMILES string of the molecule is CNC(=O)c1cncc(/C=C/C(=O)Nc2ccc(Oc3ccc(Cl)cc3)cc2)c1. The second-order valence-corrected chi connectivity index (χ2v) is 6.43. The number of benzene rings is 2. The monoisotopic (exact) mass is 407 g/mol. The number of hydrogen-bond acceptors (Lipinski definition) is 4. The Morgan fingerprint density at radius 2 is 1.66 bits per heavy atom. The lowest BCUT2D eigenvalue weighted by Gasteiger charge is -2.07. The van der Waals surface area contributed by atoms with E-state index in [1.165, 1.54) is 12.3 Å². The molecule has 7 heteroatoms. The number of nitrogens with one attached hydrogen (secondary N) is 2. The van der Waals surface area contributed by atoms with Crippen LogP contribution in [0.2, 0.25) is 5.02 Å². The fourth-order valence-electron chi connectivity index (χ4n) is 2.42. The van der Waals surface area contributed by atoms with Crippen LogP contribution in [0.4, 0.5) is 5.69 Å². The van der Waals surface area contributed by atoms with Crippen LogP contribution in [-0.2, 0) is 4.79 Å². The van der Waals surface area contributed by atoms with Crippen molar-refractivity contribution in [1.82, 2.24) is 10.3 Å². The summed E-state index contributed by atoms with van der Waals surface area (Å²) in [5.41, 5.74) is 1.69. The van der Waals surface area contributed by atoms with Crippen molar-refractivity contribution in [3.8, 4) is 11.5 Å². The van der Waals surface area contributed by atoms with E-state index < -0.39 is 0 Å². The van der Waals surface area contributed by atoms with Gasteiger partial charge in [0.05, 0.1) is 5.56 Å². The average molecular weight is 408 g/mol. The zero-order valence-corrected chi connectivity index (χ0v) is 16.3. The van der Waals surface area contributed by atoms with Gasteiger partial charge in [-0.1, -0.05) is 11.6 Å². The summed E-state index contributed by atoms with van der Waals surface area (Å²) < 4.78 is 5.71. The molecule has 0 aliphatic rings. The standard InChI is InChI=1S/C22H18ClN3O3/c1-24-22(28)16-12-15(13-25-14-16)2-11-21(27)26-18-5-9-20(10-6-18)29-19-7-3-17(23)4-8-19/h2-14H,1H3,(H,24,28)(H,26,27)/b11-2+. The van der Waals surface area contributed by atoms with Crippen LogP contribution in [-0.4, -0.2) is 23.8 Å². The van der Waals surface area contributed by atoms with Gasteiger partial charge in [0.25, 0.3) is 5.91 Å². The van der Waals surface area contributed by atoms with E-state index in [-0.39, 0.29) is 11.8 Å². The van der Waals surface area contributed by atoms with Crippen molar-refractivity contribution < 1.29 is 14.3 Å². The summed E-state index contributed by atoms with van der Waals surface area (Å²) in [5, 5.41) is 5.93. The fraction of sp³-hybridized carbons (Fsp3) is 0.0455. The van der Waals surface area contributed by atoms with Crippen LogP contribution in [0.5, 0.6) is 11.5 Å². The van der Waals surface area contributed by atoms with Gasteiger partial charge in [0.1, 0.15) is 11.5 Å². The third-order valence-corrected chi connectivity index (χ3v) is 4.10. The first-order valence-corrected chi connectivity index (χ1v) is 9.11. The third-order valence-electron chi connectivity index (χ3n) is 3.85. The molecule has 0 bridgehead atoms. The molecule has 0 aliphatic heterocycles. The first kappa shape index (κ1) is 20.1. The van der Waals surface area contributed by atoms with Crippen molar-refractivity contribution in [2.24, 2.45) is 0 Å². The van der Waals surface area contributed by atoms with Crippen LogP contribution in [0.1, 0.15) is 15.9 Å². The fourth-order valence-corrected chi connectivity index (χ4v) is 2.54. The van der Waals surface area contributed by atoms with Crippen molar-refractivity contribution in [1.29, 1.82) is 0 Å². The van der Waals surface area contributed by atoms with Crippen molar-refractivity contribution >= 4 is 35.2 Å². The molecule has 2 N–H and O–H groups in total. The van der Waals surface area contributed by atoms with Crippen molar-refractivity contribution in [2.45, 2.75) is 0 Å². The highest BCUT2D eigenvalue weighted by Gasteiger charge is 2.04. The van der Waals surface area contributed by atoms with Gasteiger partial charge in [0.2, 0.25) is 5.91 Å². The van der Waals surface area contributed by atoms with Crippen LogP contribution >= 0.6 is 11.6 Å². The number of nitrogens with zero attached hydrogens (tertiary/aromatic N) is 1. The number of ether oxygens (including phenoxy) is 1. The molecule has 1 aromatic heterocycles. The molecule has 2 aromatic carbocycles. The number of carbonyl (C=O) groups excluding carboxylic acids is 2. The zero-order valence-electron chi connectivity index (χ0n) is 15.6. The molecule has 0 aliphatic carbocycles. The summed E-state index contributed by atoms with van der Waals surface area (Å²) in [6.07, 6.45) is 6.00. The van der Waals surface area contributed by atoms with Gasteiger partial charge in [0.15, 0.2) is 0 Å². The number of anilines is 1. The molecule has 6 nitrogen and oxygen atoms in total. The van der Waals surface area contributed by atoms with Crippen LogP contribution in [0.25, 0.3) is 6.08 Å². The normalized spacial score (nSPS) is 10.6. The van der Waals surface area contributed by atoms with E-state index in [2.05, 4.69) is 15.6 Å².